The number of aryl methyl sites for hydroxylation is 1. The summed E-state index contributed by atoms with van der Waals surface area (Å²) in [4.78, 5) is 0. The van der Waals surface area contributed by atoms with Crippen molar-refractivity contribution in [2.45, 2.75) is 39.2 Å². The summed E-state index contributed by atoms with van der Waals surface area (Å²) in [6, 6.07) is 10.8. The third-order valence-corrected chi connectivity index (χ3v) is 3.35. The van der Waals surface area contributed by atoms with Crippen molar-refractivity contribution in [2.75, 3.05) is 0 Å². The summed E-state index contributed by atoms with van der Waals surface area (Å²) in [7, 11) is 0. The van der Waals surface area contributed by atoms with Crippen LogP contribution in [0.15, 0.2) is 30.3 Å². The normalized spacial score (nSPS) is 12.6. The SMILES string of the molecule is CCCc1n[nH]c(=S)n1C(C)Cc1ccccc1. The van der Waals surface area contributed by atoms with Crippen LogP contribution in [-0.4, -0.2) is 14.8 Å². The van der Waals surface area contributed by atoms with Gasteiger partial charge in [0.2, 0.25) is 0 Å². The summed E-state index contributed by atoms with van der Waals surface area (Å²) in [6.45, 7) is 4.35. The summed E-state index contributed by atoms with van der Waals surface area (Å²) in [6.07, 6.45) is 3.02. The lowest BCUT2D eigenvalue weighted by Crippen LogP contribution is -2.12. The molecule has 0 spiro atoms. The molecule has 1 N–H and O–H groups in total. The molecule has 0 saturated carbocycles. The van der Waals surface area contributed by atoms with Crippen LogP contribution in [0.1, 0.15) is 37.7 Å². The number of nitrogens with zero attached hydrogens (tertiary/aromatic N) is 2. The van der Waals surface area contributed by atoms with Gasteiger partial charge in [-0.25, -0.2) is 0 Å². The highest BCUT2D eigenvalue weighted by atomic mass is 32.1. The third kappa shape index (κ3) is 2.88. The molecule has 18 heavy (non-hydrogen) atoms. The van der Waals surface area contributed by atoms with Gasteiger partial charge in [-0.1, -0.05) is 37.3 Å². The smallest absolute Gasteiger partial charge is 0.195 e. The molecule has 0 aliphatic heterocycles. The average molecular weight is 261 g/mol. The Morgan fingerprint density at radius 1 is 1.33 bits per heavy atom. The largest absolute Gasteiger partial charge is 0.301 e. The quantitative estimate of drug-likeness (QED) is 0.833. The fraction of sp³-hybridized carbons (Fsp3) is 0.429. The number of aromatic nitrogens is 3. The predicted octanol–water partition coefficient (Wildman–Crippen LogP) is 3.70. The topological polar surface area (TPSA) is 33.6 Å². The van der Waals surface area contributed by atoms with Gasteiger partial charge in [0.25, 0.3) is 0 Å². The Bertz CT molecular complexity index is 542. The first-order valence-corrected chi connectivity index (χ1v) is 6.83. The van der Waals surface area contributed by atoms with Gasteiger partial charge in [0.05, 0.1) is 0 Å². The molecule has 1 heterocycles. The van der Waals surface area contributed by atoms with Crippen LogP contribution in [0, 0.1) is 4.77 Å². The molecule has 2 rings (SSSR count). The summed E-state index contributed by atoms with van der Waals surface area (Å²) in [5.74, 6) is 1.06. The van der Waals surface area contributed by atoms with Gasteiger partial charge in [0.1, 0.15) is 5.82 Å². The Morgan fingerprint density at radius 2 is 2.06 bits per heavy atom. The monoisotopic (exact) mass is 261 g/mol. The van der Waals surface area contributed by atoms with E-state index in [1.165, 1.54) is 5.56 Å². The molecule has 0 aliphatic rings. The van der Waals surface area contributed by atoms with Crippen molar-refractivity contribution >= 4 is 12.2 Å². The number of hydrogen-bond donors (Lipinski definition) is 1. The Kier molecular flexibility index (Phi) is 4.31. The molecule has 0 amide bonds. The van der Waals surface area contributed by atoms with Crippen molar-refractivity contribution in [3.63, 3.8) is 0 Å². The lowest BCUT2D eigenvalue weighted by Gasteiger charge is -2.15. The Balaban J connectivity index is 2.21. The number of H-pyrrole nitrogens is 1. The summed E-state index contributed by atoms with van der Waals surface area (Å²) in [5, 5.41) is 7.22. The van der Waals surface area contributed by atoms with Crippen molar-refractivity contribution in [1.82, 2.24) is 14.8 Å². The molecule has 1 unspecified atom stereocenters. The molecular formula is C14H19N3S. The molecule has 0 bridgehead atoms. The lowest BCUT2D eigenvalue weighted by atomic mass is 10.1. The molecule has 0 saturated heterocycles. The van der Waals surface area contributed by atoms with E-state index in [2.05, 4.69) is 52.9 Å². The highest BCUT2D eigenvalue weighted by molar-refractivity contribution is 7.71. The van der Waals surface area contributed by atoms with Crippen molar-refractivity contribution in [3.8, 4) is 0 Å². The minimum atomic E-state index is 0.334. The Morgan fingerprint density at radius 3 is 2.72 bits per heavy atom. The van der Waals surface area contributed by atoms with E-state index in [9.17, 15) is 0 Å². The molecule has 4 heteroatoms. The van der Waals surface area contributed by atoms with Crippen LogP contribution >= 0.6 is 12.2 Å². The number of nitrogens with one attached hydrogen (secondary N) is 1. The second-order valence-electron chi connectivity index (χ2n) is 4.60. The molecule has 96 valence electrons. The molecule has 0 fully saturated rings. The number of benzene rings is 1. The highest BCUT2D eigenvalue weighted by Gasteiger charge is 2.12. The molecule has 3 nitrogen and oxygen atoms in total. The first-order valence-electron chi connectivity index (χ1n) is 6.42. The molecule has 0 radical (unpaired) electrons. The first-order chi connectivity index (χ1) is 8.72. The van der Waals surface area contributed by atoms with Crippen LogP contribution in [0.4, 0.5) is 0 Å². The van der Waals surface area contributed by atoms with Gasteiger partial charge in [0, 0.05) is 12.5 Å². The van der Waals surface area contributed by atoms with Gasteiger partial charge in [-0.05, 0) is 37.5 Å². The van der Waals surface area contributed by atoms with Gasteiger partial charge in [-0.15, -0.1) is 0 Å². The molecule has 1 aromatic carbocycles. The number of rotatable bonds is 5. The second kappa shape index (κ2) is 5.96. The number of hydrogen-bond acceptors (Lipinski definition) is 2. The fourth-order valence-corrected chi connectivity index (χ4v) is 2.57. The molecule has 0 aliphatic carbocycles. The van der Waals surface area contributed by atoms with Crippen molar-refractivity contribution in [2.24, 2.45) is 0 Å². The summed E-state index contributed by atoms with van der Waals surface area (Å²) >= 11 is 5.32. The molecule has 1 aromatic heterocycles. The van der Waals surface area contributed by atoms with Crippen LogP contribution in [0.2, 0.25) is 0 Å². The maximum atomic E-state index is 5.32. The van der Waals surface area contributed by atoms with E-state index in [1.54, 1.807) is 0 Å². The maximum Gasteiger partial charge on any atom is 0.195 e. The maximum absolute atomic E-state index is 5.32. The van der Waals surface area contributed by atoms with Gasteiger partial charge in [-0.3, -0.25) is 5.10 Å². The van der Waals surface area contributed by atoms with Gasteiger partial charge >= 0.3 is 0 Å². The Hall–Kier alpha value is -1.42. The zero-order chi connectivity index (χ0) is 13.0. The van der Waals surface area contributed by atoms with E-state index in [1.807, 2.05) is 6.07 Å². The average Bonchev–Trinajstić information content (AvgIpc) is 2.72. The van der Waals surface area contributed by atoms with E-state index in [0.717, 1.165) is 29.9 Å². The summed E-state index contributed by atoms with van der Waals surface area (Å²) < 4.78 is 2.87. The second-order valence-corrected chi connectivity index (χ2v) is 4.99. The van der Waals surface area contributed by atoms with Crippen LogP contribution in [0.25, 0.3) is 0 Å². The van der Waals surface area contributed by atoms with Crippen LogP contribution in [-0.2, 0) is 12.8 Å². The summed E-state index contributed by atoms with van der Waals surface area (Å²) in [5.41, 5.74) is 1.33. The van der Waals surface area contributed by atoms with Gasteiger partial charge in [0.15, 0.2) is 4.77 Å². The van der Waals surface area contributed by atoms with Crippen molar-refractivity contribution in [3.05, 3.63) is 46.5 Å². The minimum absolute atomic E-state index is 0.334. The first kappa shape index (κ1) is 13.0. The highest BCUT2D eigenvalue weighted by Crippen LogP contribution is 2.16. The molecular weight excluding hydrogens is 242 g/mol. The van der Waals surface area contributed by atoms with Crippen LogP contribution in [0.3, 0.4) is 0 Å². The van der Waals surface area contributed by atoms with Crippen LogP contribution < -0.4 is 0 Å². The van der Waals surface area contributed by atoms with E-state index < -0.39 is 0 Å². The number of aromatic amines is 1. The van der Waals surface area contributed by atoms with E-state index in [0.29, 0.717) is 6.04 Å². The van der Waals surface area contributed by atoms with Crippen molar-refractivity contribution < 1.29 is 0 Å². The molecule has 1 atom stereocenters. The Labute approximate surface area is 113 Å². The van der Waals surface area contributed by atoms with E-state index >= 15 is 0 Å². The van der Waals surface area contributed by atoms with Gasteiger partial charge in [-0.2, -0.15) is 5.10 Å². The predicted molar refractivity (Wildman–Crippen MR) is 76.3 cm³/mol. The van der Waals surface area contributed by atoms with Crippen LogP contribution in [0.5, 0.6) is 0 Å². The lowest BCUT2D eigenvalue weighted by molar-refractivity contribution is 0.512. The standard InChI is InChI=1S/C14H19N3S/c1-3-7-13-15-16-14(18)17(13)11(2)10-12-8-5-4-6-9-12/h4-6,8-9,11H,3,7,10H2,1-2H3,(H,16,18). The van der Waals surface area contributed by atoms with E-state index in [-0.39, 0.29) is 0 Å². The van der Waals surface area contributed by atoms with E-state index in [4.69, 9.17) is 12.2 Å². The van der Waals surface area contributed by atoms with Crippen molar-refractivity contribution in [1.29, 1.82) is 0 Å². The zero-order valence-corrected chi connectivity index (χ0v) is 11.7. The minimum Gasteiger partial charge on any atom is -0.301 e. The fourth-order valence-electron chi connectivity index (χ4n) is 2.24. The third-order valence-electron chi connectivity index (χ3n) is 3.07. The molecule has 2 aromatic rings. The van der Waals surface area contributed by atoms with Gasteiger partial charge < -0.3 is 4.57 Å². The zero-order valence-electron chi connectivity index (χ0n) is 10.9.